The van der Waals surface area contributed by atoms with E-state index in [1.807, 2.05) is 0 Å². The molecule has 0 aliphatic carbocycles. The highest BCUT2D eigenvalue weighted by molar-refractivity contribution is 5.99. The number of hydrazine groups is 1. The molecular formula is C15H17FN4O. The minimum Gasteiger partial charge on any atom is -0.348 e. The van der Waals surface area contributed by atoms with Crippen molar-refractivity contribution in [1.29, 1.82) is 0 Å². The summed E-state index contributed by atoms with van der Waals surface area (Å²) in [5.41, 5.74) is 5.25. The molecule has 5 nitrogen and oxygen atoms in total. The van der Waals surface area contributed by atoms with Crippen LogP contribution in [0.3, 0.4) is 0 Å². The number of nitrogens with two attached hydrogens (primary N) is 1. The Morgan fingerprint density at radius 2 is 2.00 bits per heavy atom. The highest BCUT2D eigenvalue weighted by Crippen LogP contribution is 2.15. The van der Waals surface area contributed by atoms with Gasteiger partial charge in [-0.2, -0.15) is 0 Å². The second-order valence-corrected chi connectivity index (χ2v) is 4.79. The molecule has 0 fully saturated rings. The number of hydrogen-bond acceptors (Lipinski definition) is 4. The average molecular weight is 288 g/mol. The number of hydrogen-bond donors (Lipinski definition) is 3. The van der Waals surface area contributed by atoms with Crippen LogP contribution < -0.4 is 16.6 Å². The first-order chi connectivity index (χ1) is 10.0. The molecule has 2 rings (SSSR count). The molecule has 0 bridgehead atoms. The van der Waals surface area contributed by atoms with Crippen molar-refractivity contribution >= 4 is 11.6 Å². The monoisotopic (exact) mass is 288 g/mol. The fraction of sp³-hybridized carbons (Fsp3) is 0.200. The van der Waals surface area contributed by atoms with Crippen molar-refractivity contribution in [3.63, 3.8) is 0 Å². The van der Waals surface area contributed by atoms with E-state index in [1.165, 1.54) is 12.4 Å². The lowest BCUT2D eigenvalue weighted by Crippen LogP contribution is -2.25. The van der Waals surface area contributed by atoms with E-state index in [0.717, 1.165) is 5.56 Å². The zero-order valence-electron chi connectivity index (χ0n) is 11.9. The van der Waals surface area contributed by atoms with E-state index in [-0.39, 0.29) is 11.7 Å². The Morgan fingerprint density at radius 1 is 1.33 bits per heavy atom. The quantitative estimate of drug-likeness (QED) is 0.594. The van der Waals surface area contributed by atoms with Gasteiger partial charge in [-0.25, -0.2) is 4.39 Å². The summed E-state index contributed by atoms with van der Waals surface area (Å²) in [5.74, 6) is 4.85. The summed E-state index contributed by atoms with van der Waals surface area (Å²) >= 11 is 0. The molecule has 0 saturated heterocycles. The van der Waals surface area contributed by atoms with Crippen LogP contribution in [0.15, 0.2) is 30.6 Å². The fourth-order valence-electron chi connectivity index (χ4n) is 2.12. The highest BCUT2D eigenvalue weighted by Gasteiger charge is 2.11. The lowest BCUT2D eigenvalue weighted by Gasteiger charge is -2.10. The van der Waals surface area contributed by atoms with Crippen LogP contribution in [0.25, 0.3) is 0 Å². The molecule has 4 N–H and O–H groups in total. The Kier molecular flexibility index (Phi) is 4.49. The molecule has 110 valence electrons. The van der Waals surface area contributed by atoms with Crippen LogP contribution in [-0.2, 0) is 6.54 Å². The number of pyridine rings is 1. The first-order valence-corrected chi connectivity index (χ1v) is 6.47. The van der Waals surface area contributed by atoms with E-state index in [2.05, 4.69) is 15.7 Å². The summed E-state index contributed by atoms with van der Waals surface area (Å²) in [6.45, 7) is 3.72. The minimum absolute atomic E-state index is 0.214. The van der Waals surface area contributed by atoms with Gasteiger partial charge in [0.1, 0.15) is 5.82 Å². The van der Waals surface area contributed by atoms with Crippen molar-refractivity contribution in [2.45, 2.75) is 20.4 Å². The molecule has 1 heterocycles. The van der Waals surface area contributed by atoms with Gasteiger partial charge in [0.15, 0.2) is 0 Å². The van der Waals surface area contributed by atoms with Gasteiger partial charge in [-0.05, 0) is 36.6 Å². The molecule has 21 heavy (non-hydrogen) atoms. The first-order valence-electron chi connectivity index (χ1n) is 6.47. The molecule has 1 amide bonds. The molecule has 0 aliphatic heterocycles. The molecule has 6 heteroatoms. The van der Waals surface area contributed by atoms with Gasteiger partial charge in [0, 0.05) is 12.7 Å². The van der Waals surface area contributed by atoms with Crippen LogP contribution in [0.5, 0.6) is 0 Å². The van der Waals surface area contributed by atoms with Gasteiger partial charge in [-0.3, -0.25) is 15.6 Å². The predicted molar refractivity (Wildman–Crippen MR) is 79.1 cm³/mol. The van der Waals surface area contributed by atoms with Crippen LogP contribution in [0.2, 0.25) is 0 Å². The Hall–Kier alpha value is -2.47. The Morgan fingerprint density at radius 3 is 2.62 bits per heavy atom. The number of rotatable bonds is 4. The van der Waals surface area contributed by atoms with E-state index in [4.69, 9.17) is 5.84 Å². The average Bonchev–Trinajstić information content (AvgIpc) is 2.50. The minimum atomic E-state index is -0.273. The lowest BCUT2D eigenvalue weighted by molar-refractivity contribution is 0.0951. The summed E-state index contributed by atoms with van der Waals surface area (Å²) in [7, 11) is 0. The number of nitrogens with zero attached hydrogens (tertiary/aromatic N) is 1. The number of amides is 1. The molecule has 0 radical (unpaired) electrons. The topological polar surface area (TPSA) is 80.0 Å². The van der Waals surface area contributed by atoms with Gasteiger partial charge < -0.3 is 10.7 Å². The van der Waals surface area contributed by atoms with Crippen LogP contribution in [-0.4, -0.2) is 10.9 Å². The number of benzene rings is 1. The summed E-state index contributed by atoms with van der Waals surface area (Å²) in [5, 5.41) is 2.78. The maximum atomic E-state index is 13.6. The van der Waals surface area contributed by atoms with Crippen LogP contribution in [0, 0.1) is 19.7 Å². The number of nitrogen functional groups attached to an aromatic ring is 1. The summed E-state index contributed by atoms with van der Waals surface area (Å²) in [6.07, 6.45) is 2.99. The Balaban J connectivity index is 2.11. The molecule has 1 aromatic carbocycles. The SMILES string of the molecule is Cc1cc(CNC(=O)c2ccncc2NN)cc(C)c1F. The Labute approximate surface area is 122 Å². The van der Waals surface area contributed by atoms with E-state index < -0.39 is 0 Å². The normalized spacial score (nSPS) is 10.3. The maximum absolute atomic E-state index is 13.6. The number of carbonyl (C=O) groups excluding carboxylic acids is 1. The molecule has 2 aromatic rings. The van der Waals surface area contributed by atoms with Crippen LogP contribution in [0.4, 0.5) is 10.1 Å². The van der Waals surface area contributed by atoms with Crippen LogP contribution >= 0.6 is 0 Å². The summed E-state index contributed by atoms with van der Waals surface area (Å²) in [6, 6.07) is 5.01. The smallest absolute Gasteiger partial charge is 0.253 e. The fourth-order valence-corrected chi connectivity index (χ4v) is 2.12. The van der Waals surface area contributed by atoms with Crippen molar-refractivity contribution in [2.24, 2.45) is 5.84 Å². The molecule has 0 atom stereocenters. The van der Waals surface area contributed by atoms with Gasteiger partial charge in [0.2, 0.25) is 0 Å². The van der Waals surface area contributed by atoms with Crippen molar-refractivity contribution in [3.8, 4) is 0 Å². The van der Waals surface area contributed by atoms with E-state index in [0.29, 0.717) is 28.9 Å². The number of aryl methyl sites for hydroxylation is 2. The molecule has 1 aromatic heterocycles. The van der Waals surface area contributed by atoms with E-state index >= 15 is 0 Å². The largest absolute Gasteiger partial charge is 0.348 e. The standard InChI is InChI=1S/C15H17FN4O/c1-9-5-11(6-10(2)14(9)16)7-19-15(21)12-3-4-18-8-13(12)20-17/h3-6,8,20H,7,17H2,1-2H3,(H,19,21). The van der Waals surface area contributed by atoms with E-state index in [1.54, 1.807) is 32.0 Å². The third-order valence-electron chi connectivity index (χ3n) is 3.17. The zero-order chi connectivity index (χ0) is 15.4. The molecule has 0 saturated carbocycles. The zero-order valence-corrected chi connectivity index (χ0v) is 11.9. The number of carbonyl (C=O) groups is 1. The third-order valence-corrected chi connectivity index (χ3v) is 3.17. The van der Waals surface area contributed by atoms with Crippen molar-refractivity contribution in [2.75, 3.05) is 5.43 Å². The summed E-state index contributed by atoms with van der Waals surface area (Å²) < 4.78 is 13.6. The number of nitrogens with one attached hydrogen (secondary N) is 2. The molecule has 0 unspecified atom stereocenters. The van der Waals surface area contributed by atoms with Gasteiger partial charge in [0.05, 0.1) is 17.4 Å². The lowest BCUT2D eigenvalue weighted by atomic mass is 10.1. The predicted octanol–water partition coefficient (Wildman–Crippen LogP) is 2.05. The van der Waals surface area contributed by atoms with Crippen molar-refractivity contribution in [1.82, 2.24) is 10.3 Å². The van der Waals surface area contributed by atoms with Gasteiger partial charge >= 0.3 is 0 Å². The number of anilines is 1. The molecular weight excluding hydrogens is 271 g/mol. The van der Waals surface area contributed by atoms with E-state index in [9.17, 15) is 9.18 Å². The third kappa shape index (κ3) is 3.35. The molecule has 0 aliphatic rings. The van der Waals surface area contributed by atoms with Crippen molar-refractivity contribution < 1.29 is 9.18 Å². The van der Waals surface area contributed by atoms with Gasteiger partial charge in [-0.1, -0.05) is 12.1 Å². The highest BCUT2D eigenvalue weighted by atomic mass is 19.1. The summed E-state index contributed by atoms with van der Waals surface area (Å²) in [4.78, 5) is 16.0. The molecule has 0 spiro atoms. The number of halogens is 1. The second kappa shape index (κ2) is 6.32. The Bertz CT molecular complexity index is 649. The second-order valence-electron chi connectivity index (χ2n) is 4.79. The first kappa shape index (κ1) is 14.9. The number of aromatic nitrogens is 1. The van der Waals surface area contributed by atoms with Crippen molar-refractivity contribution in [3.05, 3.63) is 58.7 Å². The van der Waals surface area contributed by atoms with Gasteiger partial charge in [-0.15, -0.1) is 0 Å². The van der Waals surface area contributed by atoms with Crippen LogP contribution in [0.1, 0.15) is 27.0 Å². The maximum Gasteiger partial charge on any atom is 0.253 e. The van der Waals surface area contributed by atoms with Gasteiger partial charge in [0.25, 0.3) is 5.91 Å².